The number of halogens is 1. The quantitative estimate of drug-likeness (QED) is 0.206. The summed E-state index contributed by atoms with van der Waals surface area (Å²) in [4.78, 5) is 20.4. The fourth-order valence-corrected chi connectivity index (χ4v) is 5.98. The number of piperidine rings is 1. The maximum absolute atomic E-state index is 13.5. The highest BCUT2D eigenvalue weighted by molar-refractivity contribution is 6.31. The Labute approximate surface area is 254 Å². The molecule has 0 aliphatic carbocycles. The zero-order valence-electron chi connectivity index (χ0n) is 24.0. The highest BCUT2D eigenvalue weighted by Gasteiger charge is 2.33. The van der Waals surface area contributed by atoms with Crippen LogP contribution in [0.25, 0.3) is 33.6 Å². The van der Waals surface area contributed by atoms with Crippen LogP contribution in [0, 0.1) is 0 Å². The molecule has 1 fully saturated rings. The van der Waals surface area contributed by atoms with Gasteiger partial charge in [-0.25, -0.2) is 4.98 Å². The summed E-state index contributed by atoms with van der Waals surface area (Å²) in [5.41, 5.74) is 4.23. The summed E-state index contributed by atoms with van der Waals surface area (Å²) >= 11 is 6.60. The van der Waals surface area contributed by atoms with Crippen molar-refractivity contribution in [1.82, 2.24) is 29.5 Å². The lowest BCUT2D eigenvalue weighted by molar-refractivity contribution is -0.0364. The second kappa shape index (κ2) is 12.4. The number of hydrogen-bond donors (Lipinski definition) is 3. The average Bonchev–Trinajstić information content (AvgIpc) is 3.66. The van der Waals surface area contributed by atoms with Gasteiger partial charge in [-0.3, -0.25) is 18.9 Å². The van der Waals surface area contributed by atoms with Crippen LogP contribution in [0.3, 0.4) is 0 Å². The zero-order chi connectivity index (χ0) is 30.0. The van der Waals surface area contributed by atoms with Gasteiger partial charge in [0.25, 0.3) is 5.56 Å². The van der Waals surface area contributed by atoms with Gasteiger partial charge < -0.3 is 19.9 Å². The molecule has 1 saturated heterocycles. The van der Waals surface area contributed by atoms with Gasteiger partial charge in [0.15, 0.2) is 5.52 Å². The Morgan fingerprint density at radius 1 is 1.07 bits per heavy atom. The van der Waals surface area contributed by atoms with Crippen LogP contribution in [0.1, 0.15) is 24.0 Å². The molecule has 1 aliphatic heterocycles. The number of aliphatic hydroxyl groups is 2. The SMILES string of the molecule is Cn1nc2c(=O)n(CC3(O)CCN(Cc4ccc(-c5ccco5)cc4Cl)CC3)cnc2c1-c1ccc(CNCCO)cc1. The number of nitrogens with zero attached hydrogens (tertiary/aromatic N) is 5. The Morgan fingerprint density at radius 2 is 1.84 bits per heavy atom. The standard InChI is InChI=1S/C32H35ClN6O4/c1-37-30(23-6-4-22(5-7-23)18-34-12-15-40)28-29(36-37)31(41)39(21-35-28)20-32(42)10-13-38(14-11-32)19-25-9-8-24(17-26(25)33)27-3-2-16-43-27/h2-9,16-17,21,34,40,42H,10-15,18-20H2,1H3. The molecule has 224 valence electrons. The monoisotopic (exact) mass is 602 g/mol. The van der Waals surface area contributed by atoms with Gasteiger partial charge in [-0.2, -0.15) is 5.10 Å². The smallest absolute Gasteiger partial charge is 0.281 e. The molecule has 0 atom stereocenters. The van der Waals surface area contributed by atoms with Crippen LogP contribution < -0.4 is 10.9 Å². The van der Waals surface area contributed by atoms with Gasteiger partial charge in [-0.15, -0.1) is 0 Å². The molecule has 1 aliphatic rings. The molecule has 5 aromatic rings. The number of aromatic nitrogens is 4. The maximum atomic E-state index is 13.5. The Balaban J connectivity index is 1.12. The minimum absolute atomic E-state index is 0.0938. The molecular weight excluding hydrogens is 568 g/mol. The zero-order valence-corrected chi connectivity index (χ0v) is 24.8. The van der Waals surface area contributed by atoms with E-state index in [0.29, 0.717) is 56.1 Å². The highest BCUT2D eigenvalue weighted by atomic mass is 35.5. The second-order valence-electron chi connectivity index (χ2n) is 11.2. The van der Waals surface area contributed by atoms with E-state index >= 15 is 0 Å². The lowest BCUT2D eigenvalue weighted by Gasteiger charge is -2.38. The van der Waals surface area contributed by atoms with Crippen molar-refractivity contribution < 1.29 is 14.6 Å². The Hall–Kier alpha value is -3.80. The Bertz CT molecular complexity index is 1760. The molecule has 0 radical (unpaired) electrons. The lowest BCUT2D eigenvalue weighted by atomic mass is 9.91. The molecule has 0 bridgehead atoms. The van der Waals surface area contributed by atoms with E-state index in [1.165, 1.54) is 10.9 Å². The lowest BCUT2D eigenvalue weighted by Crippen LogP contribution is -2.47. The summed E-state index contributed by atoms with van der Waals surface area (Å²) < 4.78 is 8.64. The van der Waals surface area contributed by atoms with Crippen LogP contribution in [-0.2, 0) is 26.7 Å². The van der Waals surface area contributed by atoms with E-state index < -0.39 is 5.60 Å². The number of likely N-dealkylation sites (tertiary alicyclic amines) is 1. The van der Waals surface area contributed by atoms with Gasteiger partial charge >= 0.3 is 0 Å². The predicted octanol–water partition coefficient (Wildman–Crippen LogP) is 3.82. The summed E-state index contributed by atoms with van der Waals surface area (Å²) in [5, 5.41) is 28.8. The van der Waals surface area contributed by atoms with Crippen LogP contribution in [0.15, 0.2) is 76.4 Å². The first-order valence-electron chi connectivity index (χ1n) is 14.4. The van der Waals surface area contributed by atoms with Crippen molar-refractivity contribution in [1.29, 1.82) is 0 Å². The van der Waals surface area contributed by atoms with E-state index in [-0.39, 0.29) is 24.2 Å². The number of aryl methyl sites for hydroxylation is 1. The van der Waals surface area contributed by atoms with Crippen LogP contribution in [0.4, 0.5) is 0 Å². The third-order valence-electron chi connectivity index (χ3n) is 8.16. The molecule has 10 nitrogen and oxygen atoms in total. The highest BCUT2D eigenvalue weighted by Crippen LogP contribution is 2.30. The van der Waals surface area contributed by atoms with E-state index in [9.17, 15) is 9.90 Å². The summed E-state index contributed by atoms with van der Waals surface area (Å²) in [6.45, 7) is 3.47. The number of furan rings is 1. The van der Waals surface area contributed by atoms with Crippen LogP contribution in [0.2, 0.25) is 5.02 Å². The van der Waals surface area contributed by atoms with E-state index in [1.807, 2.05) is 54.6 Å². The molecule has 6 rings (SSSR count). The molecular formula is C32H35ClN6O4. The van der Waals surface area contributed by atoms with Gasteiger partial charge in [0.2, 0.25) is 0 Å². The van der Waals surface area contributed by atoms with Gasteiger partial charge in [-0.05, 0) is 42.2 Å². The molecule has 0 saturated carbocycles. The molecule has 4 heterocycles. The van der Waals surface area contributed by atoms with Crippen molar-refractivity contribution in [3.8, 4) is 22.6 Å². The van der Waals surface area contributed by atoms with E-state index in [4.69, 9.17) is 21.1 Å². The molecule has 0 unspecified atom stereocenters. The predicted molar refractivity (Wildman–Crippen MR) is 166 cm³/mol. The van der Waals surface area contributed by atoms with Crippen LogP contribution in [-0.4, -0.2) is 66.3 Å². The number of benzene rings is 2. The van der Waals surface area contributed by atoms with Gasteiger partial charge in [0.1, 0.15) is 11.3 Å². The minimum atomic E-state index is -1.03. The topological polar surface area (TPSA) is 122 Å². The van der Waals surface area contributed by atoms with E-state index in [2.05, 4.69) is 20.3 Å². The molecule has 3 aromatic heterocycles. The average molecular weight is 603 g/mol. The maximum Gasteiger partial charge on any atom is 0.281 e. The number of rotatable bonds is 10. The van der Waals surface area contributed by atoms with Crippen molar-refractivity contribution in [3.05, 3.63) is 93.7 Å². The van der Waals surface area contributed by atoms with Crippen LogP contribution in [0.5, 0.6) is 0 Å². The van der Waals surface area contributed by atoms with Crippen LogP contribution >= 0.6 is 11.6 Å². The van der Waals surface area contributed by atoms with Crippen molar-refractivity contribution in [2.75, 3.05) is 26.2 Å². The van der Waals surface area contributed by atoms with Crippen molar-refractivity contribution in [2.45, 2.75) is 38.1 Å². The van der Waals surface area contributed by atoms with Crippen molar-refractivity contribution in [2.24, 2.45) is 7.05 Å². The minimum Gasteiger partial charge on any atom is -0.464 e. The molecule has 43 heavy (non-hydrogen) atoms. The Kier molecular flexibility index (Phi) is 8.47. The molecule has 0 spiro atoms. The molecule has 0 amide bonds. The third-order valence-corrected chi connectivity index (χ3v) is 8.51. The Morgan fingerprint density at radius 3 is 2.53 bits per heavy atom. The summed E-state index contributed by atoms with van der Waals surface area (Å²) in [5.74, 6) is 0.777. The first-order chi connectivity index (χ1) is 20.8. The van der Waals surface area contributed by atoms with E-state index in [0.717, 1.165) is 33.7 Å². The van der Waals surface area contributed by atoms with Crippen molar-refractivity contribution in [3.63, 3.8) is 0 Å². The van der Waals surface area contributed by atoms with E-state index in [1.54, 1.807) is 18.0 Å². The number of nitrogens with one attached hydrogen (secondary N) is 1. The largest absolute Gasteiger partial charge is 0.464 e. The normalized spacial score (nSPS) is 15.3. The fraction of sp³-hybridized carbons (Fsp3) is 0.344. The summed E-state index contributed by atoms with van der Waals surface area (Å²) in [6, 6.07) is 17.7. The fourth-order valence-electron chi connectivity index (χ4n) is 5.74. The van der Waals surface area contributed by atoms with Gasteiger partial charge in [0, 0.05) is 55.9 Å². The molecule has 3 N–H and O–H groups in total. The van der Waals surface area contributed by atoms with Crippen molar-refractivity contribution >= 4 is 22.6 Å². The molecule has 2 aromatic carbocycles. The summed E-state index contributed by atoms with van der Waals surface area (Å²) in [6.07, 6.45) is 4.20. The van der Waals surface area contributed by atoms with Gasteiger partial charge in [-0.1, -0.05) is 48.0 Å². The number of hydrogen-bond acceptors (Lipinski definition) is 8. The first kappa shape index (κ1) is 29.3. The second-order valence-corrected chi connectivity index (χ2v) is 11.6. The number of aliphatic hydroxyl groups excluding tert-OH is 1. The third kappa shape index (κ3) is 6.29. The molecule has 11 heteroatoms. The van der Waals surface area contributed by atoms with Gasteiger partial charge in [0.05, 0.1) is 37.0 Å². The number of fused-ring (bicyclic) bond motifs is 1. The first-order valence-corrected chi connectivity index (χ1v) is 14.8. The summed E-state index contributed by atoms with van der Waals surface area (Å²) in [7, 11) is 1.80.